The zero-order valence-electron chi connectivity index (χ0n) is 21.0. The van der Waals surface area contributed by atoms with Gasteiger partial charge in [0, 0.05) is 74.6 Å². The van der Waals surface area contributed by atoms with Crippen LogP contribution < -0.4 is 5.32 Å². The molecule has 1 fully saturated rings. The summed E-state index contributed by atoms with van der Waals surface area (Å²) in [5.41, 5.74) is 3.40. The van der Waals surface area contributed by atoms with Gasteiger partial charge in [0.25, 0.3) is 0 Å². The first kappa shape index (κ1) is 25.1. The van der Waals surface area contributed by atoms with E-state index in [0.717, 1.165) is 27.8 Å². The number of hydrogen-bond donors (Lipinski definition) is 2. The summed E-state index contributed by atoms with van der Waals surface area (Å²) in [6.07, 6.45) is 11.0. The van der Waals surface area contributed by atoms with Crippen molar-refractivity contribution in [3.63, 3.8) is 0 Å². The summed E-state index contributed by atoms with van der Waals surface area (Å²) in [7, 11) is 0.445. The number of nitrogens with zero attached hydrogens (tertiary/aromatic N) is 7. The summed E-state index contributed by atoms with van der Waals surface area (Å²) in [4.78, 5) is 9.48. The third kappa shape index (κ3) is 5.55. The van der Waals surface area contributed by atoms with E-state index in [4.69, 9.17) is 4.98 Å². The Morgan fingerprint density at radius 2 is 1.62 bits per heavy atom. The lowest BCUT2D eigenvalue weighted by Crippen LogP contribution is -2.49. The molecule has 0 aliphatic carbocycles. The van der Waals surface area contributed by atoms with E-state index in [1.807, 2.05) is 57.0 Å². The molecular formula is C25H30N8O3S. The highest BCUT2D eigenvalue weighted by Crippen LogP contribution is 2.31. The van der Waals surface area contributed by atoms with E-state index < -0.39 is 15.6 Å². The monoisotopic (exact) mass is 522 g/mol. The normalized spacial score (nSPS) is 16.1. The molecule has 11 nitrogen and oxygen atoms in total. The predicted octanol–water partition coefficient (Wildman–Crippen LogP) is 2.14. The fraction of sp³-hybridized carbons (Fsp3) is 0.360. The first-order valence-electron chi connectivity index (χ1n) is 12.0. The highest BCUT2D eigenvalue weighted by atomic mass is 32.2. The molecule has 3 aromatic heterocycles. The van der Waals surface area contributed by atoms with Crippen molar-refractivity contribution in [2.75, 3.05) is 31.2 Å². The van der Waals surface area contributed by atoms with Gasteiger partial charge in [-0.1, -0.05) is 18.2 Å². The Morgan fingerprint density at radius 1 is 0.973 bits per heavy atom. The Kier molecular flexibility index (Phi) is 6.56. The van der Waals surface area contributed by atoms with Crippen LogP contribution in [0.2, 0.25) is 0 Å². The van der Waals surface area contributed by atoms with Crippen molar-refractivity contribution < 1.29 is 13.5 Å². The number of aromatic nitrogens is 6. The lowest BCUT2D eigenvalue weighted by atomic mass is 9.92. The van der Waals surface area contributed by atoms with E-state index in [0.29, 0.717) is 24.5 Å². The maximum atomic E-state index is 11.9. The van der Waals surface area contributed by atoms with Gasteiger partial charge in [0.2, 0.25) is 10.0 Å². The van der Waals surface area contributed by atoms with Gasteiger partial charge in [-0.3, -0.25) is 9.36 Å². The molecule has 37 heavy (non-hydrogen) atoms. The summed E-state index contributed by atoms with van der Waals surface area (Å²) >= 11 is 0. The third-order valence-electron chi connectivity index (χ3n) is 6.67. The Labute approximate surface area is 215 Å². The molecule has 0 atom stereocenters. The van der Waals surface area contributed by atoms with Crippen molar-refractivity contribution in [3.05, 3.63) is 55.2 Å². The number of piperidine rings is 1. The molecule has 0 unspecified atom stereocenters. The van der Waals surface area contributed by atoms with Crippen LogP contribution >= 0.6 is 0 Å². The van der Waals surface area contributed by atoms with Crippen LogP contribution in [0.4, 0.5) is 5.82 Å². The second kappa shape index (κ2) is 9.69. The fourth-order valence-electron chi connectivity index (χ4n) is 4.49. The van der Waals surface area contributed by atoms with Gasteiger partial charge >= 0.3 is 0 Å². The van der Waals surface area contributed by atoms with Crippen molar-refractivity contribution in [1.29, 1.82) is 0 Å². The number of aliphatic hydroxyl groups is 1. The lowest BCUT2D eigenvalue weighted by Gasteiger charge is -2.37. The molecule has 2 N–H and O–H groups in total. The van der Waals surface area contributed by atoms with Crippen LogP contribution in [-0.4, -0.2) is 78.8 Å². The van der Waals surface area contributed by atoms with Crippen molar-refractivity contribution in [2.45, 2.75) is 18.4 Å². The van der Waals surface area contributed by atoms with Gasteiger partial charge in [-0.2, -0.15) is 10.2 Å². The van der Waals surface area contributed by atoms with Crippen molar-refractivity contribution in [2.24, 2.45) is 14.1 Å². The zero-order valence-corrected chi connectivity index (χ0v) is 21.9. The second-order valence-corrected chi connectivity index (χ2v) is 11.6. The highest BCUT2D eigenvalue weighted by Gasteiger charge is 2.35. The molecule has 1 aromatic carbocycles. The highest BCUT2D eigenvalue weighted by molar-refractivity contribution is 7.88. The molecule has 4 heterocycles. The molecule has 12 heteroatoms. The average molecular weight is 523 g/mol. The number of hydrogen-bond acceptors (Lipinski definition) is 8. The summed E-state index contributed by atoms with van der Waals surface area (Å²) in [6.45, 7) is 0.787. The first-order valence-corrected chi connectivity index (χ1v) is 13.8. The van der Waals surface area contributed by atoms with Gasteiger partial charge < -0.3 is 10.4 Å². The standard InChI is InChI=1S/C25H30N8O3S/c1-31-15-20(12-28-31)18-5-4-6-19(11-18)23-26-14-22(21-13-29-32(2)16-21)24(30-23)27-17-25(34)7-9-33(10-8-25)37(3,35)36/h4-6,11-16,34H,7-10,17H2,1-3H3,(H,26,27,30). The number of nitrogens with one attached hydrogen (secondary N) is 1. The van der Waals surface area contributed by atoms with Gasteiger partial charge in [-0.05, 0) is 24.5 Å². The van der Waals surface area contributed by atoms with Gasteiger partial charge in [-0.25, -0.2) is 22.7 Å². The molecule has 4 aromatic rings. The van der Waals surface area contributed by atoms with Crippen LogP contribution in [0, 0.1) is 0 Å². The second-order valence-electron chi connectivity index (χ2n) is 9.58. The number of sulfonamides is 1. The fourth-order valence-corrected chi connectivity index (χ4v) is 5.34. The number of aryl methyl sites for hydroxylation is 2. The third-order valence-corrected chi connectivity index (χ3v) is 7.97. The van der Waals surface area contributed by atoms with Gasteiger partial charge in [-0.15, -0.1) is 0 Å². The van der Waals surface area contributed by atoms with E-state index in [1.54, 1.807) is 21.8 Å². The Morgan fingerprint density at radius 3 is 2.24 bits per heavy atom. The molecule has 5 rings (SSSR count). The Bertz CT molecular complexity index is 1520. The Hall–Kier alpha value is -3.61. The molecule has 1 aliphatic heterocycles. The maximum absolute atomic E-state index is 11.9. The van der Waals surface area contributed by atoms with E-state index in [-0.39, 0.29) is 19.6 Å². The minimum atomic E-state index is -3.28. The molecular weight excluding hydrogens is 492 g/mol. The largest absolute Gasteiger partial charge is 0.388 e. The van der Waals surface area contributed by atoms with Crippen LogP contribution in [0.1, 0.15) is 12.8 Å². The molecule has 0 saturated carbocycles. The molecule has 0 radical (unpaired) electrons. The van der Waals surface area contributed by atoms with Crippen molar-refractivity contribution in [1.82, 2.24) is 33.8 Å². The van der Waals surface area contributed by atoms with Crippen molar-refractivity contribution >= 4 is 15.8 Å². The smallest absolute Gasteiger partial charge is 0.211 e. The predicted molar refractivity (Wildman–Crippen MR) is 141 cm³/mol. The van der Waals surface area contributed by atoms with Gasteiger partial charge in [0.05, 0.1) is 24.3 Å². The van der Waals surface area contributed by atoms with E-state index in [1.165, 1.54) is 10.6 Å². The minimum Gasteiger partial charge on any atom is -0.388 e. The average Bonchev–Trinajstić information content (AvgIpc) is 3.50. The number of rotatable bonds is 7. The van der Waals surface area contributed by atoms with Gasteiger partial charge in [0.15, 0.2) is 5.82 Å². The molecule has 0 bridgehead atoms. The molecule has 194 valence electrons. The minimum absolute atomic E-state index is 0.226. The quantitative estimate of drug-likeness (QED) is 0.378. The van der Waals surface area contributed by atoms with Crippen molar-refractivity contribution in [3.8, 4) is 33.6 Å². The maximum Gasteiger partial charge on any atom is 0.211 e. The van der Waals surface area contributed by atoms with Crippen LogP contribution in [-0.2, 0) is 24.1 Å². The lowest BCUT2D eigenvalue weighted by molar-refractivity contribution is 0.00723. The Balaban J connectivity index is 1.43. The van der Waals surface area contributed by atoms with Crippen LogP contribution in [0.25, 0.3) is 33.6 Å². The number of benzene rings is 1. The van der Waals surface area contributed by atoms with Crippen LogP contribution in [0.3, 0.4) is 0 Å². The van der Waals surface area contributed by atoms with E-state index >= 15 is 0 Å². The van der Waals surface area contributed by atoms with Crippen LogP contribution in [0.5, 0.6) is 0 Å². The van der Waals surface area contributed by atoms with E-state index in [2.05, 4.69) is 20.5 Å². The van der Waals surface area contributed by atoms with Crippen LogP contribution in [0.15, 0.2) is 55.2 Å². The number of anilines is 1. The summed E-state index contributed by atoms with van der Waals surface area (Å²) in [6, 6.07) is 7.95. The molecule has 0 spiro atoms. The molecule has 0 amide bonds. The first-order chi connectivity index (χ1) is 17.6. The van der Waals surface area contributed by atoms with Gasteiger partial charge in [0.1, 0.15) is 5.82 Å². The van der Waals surface area contributed by atoms with E-state index in [9.17, 15) is 13.5 Å². The topological polar surface area (TPSA) is 131 Å². The molecule has 1 saturated heterocycles. The zero-order chi connectivity index (χ0) is 26.2. The summed E-state index contributed by atoms with van der Waals surface area (Å²) in [5.74, 6) is 1.11. The molecule has 1 aliphatic rings. The summed E-state index contributed by atoms with van der Waals surface area (Å²) in [5, 5.41) is 23.0. The summed E-state index contributed by atoms with van der Waals surface area (Å²) < 4.78 is 28.6. The SMILES string of the molecule is Cn1cc(-c2cccc(-c3ncc(-c4cnn(C)c4)c(NCC4(O)CCN(S(C)(=O)=O)CC4)n3)c2)cn1.